The lowest BCUT2D eigenvalue weighted by Gasteiger charge is -2.01. The molecular weight excluding hydrogens is 211 g/mol. The Bertz CT molecular complexity index is 352. The van der Waals surface area contributed by atoms with Gasteiger partial charge in [-0.05, 0) is 18.6 Å². The molecule has 0 aliphatic rings. The second kappa shape index (κ2) is 4.46. The van der Waals surface area contributed by atoms with Crippen molar-refractivity contribution in [2.75, 3.05) is 0 Å². The predicted octanol–water partition coefficient (Wildman–Crippen LogP) is 1.06. The first-order valence-corrected chi connectivity index (χ1v) is 6.27. The van der Waals surface area contributed by atoms with Crippen molar-refractivity contribution in [1.82, 2.24) is 0 Å². The summed E-state index contributed by atoms with van der Waals surface area (Å²) in [6, 6.07) is 6.76. The van der Waals surface area contributed by atoms with Crippen molar-refractivity contribution in [1.29, 1.82) is 0 Å². The average molecular weight is 218 g/mol. The molecule has 0 bridgehead atoms. The fraction of sp³-hybridized carbons (Fsp3) is 0.143. The molecule has 13 heavy (non-hydrogen) atoms. The molecule has 0 aliphatic carbocycles. The van der Waals surface area contributed by atoms with E-state index in [1.54, 1.807) is 31.2 Å². The quantitative estimate of drug-likeness (QED) is 0.711. The first-order chi connectivity index (χ1) is 6.11. The van der Waals surface area contributed by atoms with Crippen LogP contribution in [-0.2, 0) is 15.3 Å². The highest BCUT2D eigenvalue weighted by Crippen LogP contribution is 2.23. The van der Waals surface area contributed by atoms with E-state index in [-0.39, 0.29) is 0 Å². The molecule has 0 aromatic heterocycles. The van der Waals surface area contributed by atoms with Gasteiger partial charge < -0.3 is 9.08 Å². The smallest absolute Gasteiger partial charge is 0.459 e. The number of benzene rings is 1. The van der Waals surface area contributed by atoms with E-state index in [1.165, 1.54) is 0 Å². The monoisotopic (exact) mass is 218 g/mol. The van der Waals surface area contributed by atoms with Crippen LogP contribution in [-0.4, -0.2) is 4.21 Å². The van der Waals surface area contributed by atoms with Gasteiger partial charge in [0.15, 0.2) is 0 Å². The third-order valence-electron chi connectivity index (χ3n) is 1.38. The lowest BCUT2D eigenvalue weighted by Crippen LogP contribution is -2.02. The van der Waals surface area contributed by atoms with Gasteiger partial charge in [0.2, 0.25) is 0 Å². The summed E-state index contributed by atoms with van der Waals surface area (Å²) in [5, 5.41) is 0. The molecule has 1 rings (SSSR count). The van der Waals surface area contributed by atoms with Gasteiger partial charge in [0, 0.05) is 0 Å². The van der Waals surface area contributed by atoms with E-state index in [0.29, 0.717) is 5.75 Å². The molecule has 1 aromatic rings. The molecule has 0 heterocycles. The van der Waals surface area contributed by atoms with Gasteiger partial charge in [0.25, 0.3) is 0 Å². The minimum absolute atomic E-state index is 0.319. The summed E-state index contributed by atoms with van der Waals surface area (Å²) >= 11 is 0. The SMILES string of the molecule is Cc1ccccc1OS(=O)[P+](=O)[O-]. The first kappa shape index (κ1) is 10.3. The van der Waals surface area contributed by atoms with E-state index in [9.17, 15) is 13.7 Å². The van der Waals surface area contributed by atoms with Gasteiger partial charge >= 0.3 is 17.9 Å². The molecule has 2 unspecified atom stereocenters. The highest BCUT2D eigenvalue weighted by atomic mass is 32.7. The molecule has 0 aliphatic heterocycles. The van der Waals surface area contributed by atoms with E-state index in [2.05, 4.69) is 4.18 Å². The maximum absolute atomic E-state index is 10.8. The highest BCUT2D eigenvalue weighted by Gasteiger charge is 2.17. The van der Waals surface area contributed by atoms with Crippen LogP contribution < -0.4 is 9.08 Å². The molecule has 0 fully saturated rings. The molecule has 2 atom stereocenters. The molecule has 0 spiro atoms. The van der Waals surface area contributed by atoms with Gasteiger partial charge in [-0.3, -0.25) is 0 Å². The molecule has 0 saturated carbocycles. The van der Waals surface area contributed by atoms with Crippen LogP contribution in [0.3, 0.4) is 0 Å². The Morgan fingerprint density at radius 2 is 2.08 bits per heavy atom. The van der Waals surface area contributed by atoms with Crippen molar-refractivity contribution in [2.45, 2.75) is 6.92 Å². The average Bonchev–Trinajstić information content (AvgIpc) is 2.08. The van der Waals surface area contributed by atoms with Crippen molar-refractivity contribution in [3.05, 3.63) is 29.8 Å². The number of aryl methyl sites for hydroxylation is 1. The molecule has 0 saturated heterocycles. The van der Waals surface area contributed by atoms with Crippen molar-refractivity contribution >= 4 is 17.9 Å². The second-order valence-corrected chi connectivity index (χ2v) is 5.13. The summed E-state index contributed by atoms with van der Waals surface area (Å²) in [6.07, 6.45) is 0. The molecule has 6 heteroatoms. The summed E-state index contributed by atoms with van der Waals surface area (Å²) < 4.78 is 25.7. The number of hydrogen-bond donors (Lipinski definition) is 0. The van der Waals surface area contributed by atoms with Crippen LogP contribution >= 0.6 is 7.23 Å². The fourth-order valence-electron chi connectivity index (χ4n) is 0.757. The van der Waals surface area contributed by atoms with Gasteiger partial charge in [-0.15, -0.1) is 0 Å². The minimum atomic E-state index is -3.05. The third-order valence-corrected chi connectivity index (χ3v) is 2.90. The second-order valence-electron chi connectivity index (χ2n) is 2.29. The lowest BCUT2D eigenvalue weighted by atomic mass is 10.2. The van der Waals surface area contributed by atoms with E-state index in [1.807, 2.05) is 0 Å². The van der Waals surface area contributed by atoms with Crippen molar-refractivity contribution in [2.24, 2.45) is 0 Å². The van der Waals surface area contributed by atoms with Crippen molar-refractivity contribution in [3.8, 4) is 5.75 Å². The summed E-state index contributed by atoms with van der Waals surface area (Å²) in [5.41, 5.74) is 0.743. The Hall–Kier alpha value is -0.770. The molecular formula is C7H7O4PS. The summed E-state index contributed by atoms with van der Waals surface area (Å²) in [4.78, 5) is 10.2. The molecule has 70 valence electrons. The van der Waals surface area contributed by atoms with Gasteiger partial charge in [-0.25, -0.2) is 0 Å². The number of rotatable bonds is 3. The van der Waals surface area contributed by atoms with Crippen LogP contribution in [0.4, 0.5) is 0 Å². The maximum Gasteiger partial charge on any atom is 0.459 e. The molecule has 0 N–H and O–H groups in total. The predicted molar refractivity (Wildman–Crippen MR) is 47.6 cm³/mol. The molecule has 1 aromatic carbocycles. The first-order valence-electron chi connectivity index (χ1n) is 3.41. The Morgan fingerprint density at radius 3 is 2.62 bits per heavy atom. The van der Waals surface area contributed by atoms with E-state index < -0.39 is 17.9 Å². The van der Waals surface area contributed by atoms with E-state index in [0.717, 1.165) is 5.56 Å². The van der Waals surface area contributed by atoms with Crippen molar-refractivity contribution < 1.29 is 17.9 Å². The topological polar surface area (TPSA) is 66.4 Å². The molecule has 0 amide bonds. The normalized spacial score (nSPS) is 13.5. The number of para-hydroxylation sites is 1. The van der Waals surface area contributed by atoms with Crippen LogP contribution in [0.5, 0.6) is 5.75 Å². The number of hydrogen-bond acceptors (Lipinski definition) is 4. The largest absolute Gasteiger partial charge is 0.580 e. The molecule has 0 radical (unpaired) electrons. The van der Waals surface area contributed by atoms with Crippen LogP contribution in [0.1, 0.15) is 5.56 Å². The standard InChI is InChI=1S/C7H7O4PS/c1-6-4-2-3-5-7(6)11-13(10)12(8)9/h2-5H,1H3. The van der Waals surface area contributed by atoms with E-state index >= 15 is 0 Å². The van der Waals surface area contributed by atoms with Crippen LogP contribution in [0.15, 0.2) is 24.3 Å². The fourth-order valence-corrected chi connectivity index (χ4v) is 1.58. The zero-order chi connectivity index (χ0) is 9.84. The van der Waals surface area contributed by atoms with Gasteiger partial charge in [0.05, 0.1) is 0 Å². The third kappa shape index (κ3) is 2.88. The van der Waals surface area contributed by atoms with Crippen LogP contribution in [0.2, 0.25) is 0 Å². The zero-order valence-electron chi connectivity index (χ0n) is 6.80. The minimum Gasteiger partial charge on any atom is -0.580 e. The zero-order valence-corrected chi connectivity index (χ0v) is 8.51. The van der Waals surface area contributed by atoms with Gasteiger partial charge in [-0.2, -0.15) is 4.21 Å². The summed E-state index contributed by atoms with van der Waals surface area (Å²) in [7, 11) is -5.33. The Labute approximate surface area is 78.8 Å². The lowest BCUT2D eigenvalue weighted by molar-refractivity contribution is -0.158. The van der Waals surface area contributed by atoms with Crippen LogP contribution in [0.25, 0.3) is 0 Å². The maximum atomic E-state index is 10.8. The van der Waals surface area contributed by atoms with Gasteiger partial charge in [0.1, 0.15) is 5.75 Å². The molecule has 4 nitrogen and oxygen atoms in total. The Kier molecular flexibility index (Phi) is 3.54. The Morgan fingerprint density at radius 1 is 1.46 bits per heavy atom. The highest BCUT2D eigenvalue weighted by molar-refractivity contribution is 8.37. The van der Waals surface area contributed by atoms with E-state index in [4.69, 9.17) is 0 Å². The van der Waals surface area contributed by atoms with Gasteiger partial charge in [-0.1, -0.05) is 22.8 Å². The van der Waals surface area contributed by atoms with Crippen molar-refractivity contribution in [3.63, 3.8) is 0 Å². The van der Waals surface area contributed by atoms with Crippen LogP contribution in [0, 0.1) is 6.92 Å². The summed E-state index contributed by atoms with van der Waals surface area (Å²) in [6.45, 7) is 1.74. The summed E-state index contributed by atoms with van der Waals surface area (Å²) in [5.74, 6) is 0.319. The Balaban J connectivity index is 2.81.